The van der Waals surface area contributed by atoms with Gasteiger partial charge >= 0.3 is 0 Å². The lowest BCUT2D eigenvalue weighted by molar-refractivity contribution is -0.136. The van der Waals surface area contributed by atoms with Gasteiger partial charge < -0.3 is 9.64 Å². The summed E-state index contributed by atoms with van der Waals surface area (Å²) in [4.78, 5) is 14.4. The fraction of sp³-hybridized carbons (Fsp3) is 0.300. The number of hydrogen-bond donors (Lipinski definition) is 0. The third-order valence-corrected chi connectivity index (χ3v) is 6.27. The Morgan fingerprint density at radius 3 is 2.52 bits per heavy atom. The molecule has 7 heteroatoms. The molecule has 1 fully saturated rings. The first-order valence-corrected chi connectivity index (χ1v) is 10.5. The van der Waals surface area contributed by atoms with Crippen LogP contribution in [0.15, 0.2) is 54.6 Å². The molecule has 1 heterocycles. The molecule has 0 unspecified atom stereocenters. The Bertz CT molecular complexity index is 951. The minimum absolute atomic E-state index is 0.0274. The van der Waals surface area contributed by atoms with Crippen molar-refractivity contribution in [3.8, 4) is 11.8 Å². The van der Waals surface area contributed by atoms with Crippen LogP contribution in [0.25, 0.3) is 0 Å². The number of nitriles is 1. The van der Waals surface area contributed by atoms with Crippen LogP contribution in [0, 0.1) is 11.3 Å². The lowest BCUT2D eigenvalue weighted by Gasteiger charge is -2.28. The highest BCUT2D eigenvalue weighted by molar-refractivity contribution is 7.91. The second-order valence-corrected chi connectivity index (χ2v) is 8.69. The maximum Gasteiger partial charge on any atom is 0.261 e. The first kappa shape index (κ1) is 18.9. The quantitative estimate of drug-likeness (QED) is 0.762. The molecule has 0 bridgehead atoms. The summed E-state index contributed by atoms with van der Waals surface area (Å²) in [5.74, 6) is 0.107. The highest BCUT2D eigenvalue weighted by Crippen LogP contribution is 2.21. The van der Waals surface area contributed by atoms with E-state index in [2.05, 4.69) is 0 Å². The van der Waals surface area contributed by atoms with Gasteiger partial charge in [0.2, 0.25) is 0 Å². The Balaban J connectivity index is 1.75. The fourth-order valence-electron chi connectivity index (χ4n) is 3.13. The van der Waals surface area contributed by atoms with Gasteiger partial charge in [-0.25, -0.2) is 8.42 Å². The number of carbonyl (C=O) groups is 1. The van der Waals surface area contributed by atoms with Crippen LogP contribution >= 0.6 is 0 Å². The molecule has 1 atom stereocenters. The molecule has 0 radical (unpaired) electrons. The lowest BCUT2D eigenvalue weighted by atomic mass is 10.1. The number of benzene rings is 2. The fourth-order valence-corrected chi connectivity index (χ4v) is 4.86. The van der Waals surface area contributed by atoms with E-state index in [4.69, 9.17) is 10.00 Å². The van der Waals surface area contributed by atoms with Crippen molar-refractivity contribution in [1.82, 2.24) is 4.90 Å². The summed E-state index contributed by atoms with van der Waals surface area (Å²) >= 11 is 0. The van der Waals surface area contributed by atoms with E-state index in [0.717, 1.165) is 5.56 Å². The number of hydrogen-bond acceptors (Lipinski definition) is 5. The van der Waals surface area contributed by atoms with Crippen LogP contribution in [0.2, 0.25) is 0 Å². The Hall–Kier alpha value is -2.85. The van der Waals surface area contributed by atoms with Gasteiger partial charge in [-0.2, -0.15) is 5.26 Å². The molecular formula is C20H20N2O4S. The van der Waals surface area contributed by atoms with Crippen LogP contribution in [0.5, 0.6) is 5.75 Å². The number of nitrogens with zero attached hydrogens (tertiary/aromatic N) is 2. The zero-order valence-corrected chi connectivity index (χ0v) is 15.6. The van der Waals surface area contributed by atoms with E-state index in [-0.39, 0.29) is 30.1 Å². The third kappa shape index (κ3) is 4.86. The average molecular weight is 384 g/mol. The van der Waals surface area contributed by atoms with E-state index < -0.39 is 9.84 Å². The zero-order chi connectivity index (χ0) is 19.3. The Kier molecular flexibility index (Phi) is 5.77. The van der Waals surface area contributed by atoms with Gasteiger partial charge in [0.15, 0.2) is 16.4 Å². The molecule has 0 saturated carbocycles. The van der Waals surface area contributed by atoms with E-state index in [1.165, 1.54) is 0 Å². The number of carbonyl (C=O) groups excluding carboxylic acids is 1. The molecule has 1 aliphatic heterocycles. The van der Waals surface area contributed by atoms with Crippen LogP contribution < -0.4 is 4.74 Å². The summed E-state index contributed by atoms with van der Waals surface area (Å²) in [6.45, 7) is 0.0746. The molecule has 0 aliphatic carbocycles. The maximum atomic E-state index is 12.8. The van der Waals surface area contributed by atoms with Gasteiger partial charge in [0.1, 0.15) is 11.8 Å². The monoisotopic (exact) mass is 384 g/mol. The average Bonchev–Trinajstić information content (AvgIpc) is 3.04. The number of rotatable bonds is 6. The predicted octanol–water partition coefficient (Wildman–Crippen LogP) is 2.15. The normalized spacial score (nSPS) is 17.8. The van der Waals surface area contributed by atoms with Crippen molar-refractivity contribution in [3.05, 3.63) is 65.7 Å². The highest BCUT2D eigenvalue weighted by Gasteiger charge is 2.34. The summed E-state index contributed by atoms with van der Waals surface area (Å²) in [7, 11) is -3.12. The Morgan fingerprint density at radius 1 is 1.15 bits per heavy atom. The van der Waals surface area contributed by atoms with E-state index >= 15 is 0 Å². The van der Waals surface area contributed by atoms with E-state index in [1.807, 2.05) is 36.4 Å². The topological polar surface area (TPSA) is 87.5 Å². The molecule has 0 aromatic heterocycles. The van der Waals surface area contributed by atoms with Crippen molar-refractivity contribution in [1.29, 1.82) is 5.26 Å². The van der Waals surface area contributed by atoms with Crippen LogP contribution in [-0.2, 0) is 21.2 Å². The molecule has 1 amide bonds. The van der Waals surface area contributed by atoms with E-state index in [1.54, 1.807) is 29.2 Å². The van der Waals surface area contributed by atoms with Gasteiger partial charge in [0.05, 0.1) is 17.1 Å². The van der Waals surface area contributed by atoms with Crippen molar-refractivity contribution in [2.24, 2.45) is 0 Å². The Labute approximate surface area is 158 Å². The largest absolute Gasteiger partial charge is 0.482 e. The number of ether oxygens (including phenoxy) is 1. The molecule has 1 saturated heterocycles. The summed E-state index contributed by atoms with van der Waals surface area (Å²) in [5.41, 5.74) is 1.27. The van der Waals surface area contributed by atoms with Crippen LogP contribution in [0.4, 0.5) is 0 Å². The summed E-state index contributed by atoms with van der Waals surface area (Å²) in [6, 6.07) is 17.8. The van der Waals surface area contributed by atoms with Crippen LogP contribution in [0.3, 0.4) is 0 Å². The van der Waals surface area contributed by atoms with Crippen molar-refractivity contribution in [2.45, 2.75) is 19.0 Å². The first-order valence-electron chi connectivity index (χ1n) is 8.64. The van der Waals surface area contributed by atoms with Gasteiger partial charge in [-0.15, -0.1) is 0 Å². The standard InChI is InChI=1S/C20H20N2O4S/c21-12-17-8-4-5-9-19(17)26-14-20(23)22(13-16-6-2-1-3-7-16)18-10-11-27(24,25)15-18/h1-9,18H,10-11,13-15H2/t18-/m0/s1. The molecule has 140 valence electrons. The lowest BCUT2D eigenvalue weighted by Crippen LogP contribution is -2.43. The van der Waals surface area contributed by atoms with Crippen molar-refractivity contribution >= 4 is 15.7 Å². The summed E-state index contributed by atoms with van der Waals surface area (Å²) in [6.07, 6.45) is 0.426. The number of para-hydroxylation sites is 1. The maximum absolute atomic E-state index is 12.8. The Morgan fingerprint density at radius 2 is 1.85 bits per heavy atom. The minimum Gasteiger partial charge on any atom is -0.482 e. The number of sulfone groups is 1. The second kappa shape index (κ2) is 8.23. The van der Waals surface area contributed by atoms with Gasteiger partial charge in [-0.1, -0.05) is 42.5 Å². The predicted molar refractivity (Wildman–Crippen MR) is 101 cm³/mol. The van der Waals surface area contributed by atoms with Crippen LogP contribution in [-0.4, -0.2) is 43.4 Å². The zero-order valence-electron chi connectivity index (χ0n) is 14.7. The highest BCUT2D eigenvalue weighted by atomic mass is 32.2. The van der Waals surface area contributed by atoms with Crippen LogP contribution in [0.1, 0.15) is 17.5 Å². The minimum atomic E-state index is -3.12. The molecule has 2 aromatic rings. The van der Waals surface area contributed by atoms with Crippen molar-refractivity contribution in [3.63, 3.8) is 0 Å². The molecule has 0 spiro atoms. The molecule has 3 rings (SSSR count). The molecular weight excluding hydrogens is 364 g/mol. The molecule has 1 aliphatic rings. The third-order valence-electron chi connectivity index (χ3n) is 4.52. The molecule has 2 aromatic carbocycles. The smallest absolute Gasteiger partial charge is 0.261 e. The molecule has 27 heavy (non-hydrogen) atoms. The summed E-state index contributed by atoms with van der Waals surface area (Å²) in [5, 5.41) is 9.13. The SMILES string of the molecule is N#Cc1ccccc1OCC(=O)N(Cc1ccccc1)[C@H]1CCS(=O)(=O)C1. The first-order chi connectivity index (χ1) is 13.0. The molecule has 0 N–H and O–H groups in total. The summed E-state index contributed by atoms with van der Waals surface area (Å²) < 4.78 is 29.3. The van der Waals surface area contributed by atoms with Gasteiger partial charge in [0, 0.05) is 12.6 Å². The van der Waals surface area contributed by atoms with E-state index in [9.17, 15) is 13.2 Å². The van der Waals surface area contributed by atoms with E-state index in [0.29, 0.717) is 24.3 Å². The van der Waals surface area contributed by atoms with Gasteiger partial charge in [-0.3, -0.25) is 4.79 Å². The van der Waals surface area contributed by atoms with Crippen molar-refractivity contribution < 1.29 is 17.9 Å². The van der Waals surface area contributed by atoms with Gasteiger partial charge in [-0.05, 0) is 24.1 Å². The van der Waals surface area contributed by atoms with Crippen molar-refractivity contribution in [2.75, 3.05) is 18.1 Å². The second-order valence-electron chi connectivity index (χ2n) is 6.46. The number of amides is 1. The van der Waals surface area contributed by atoms with Gasteiger partial charge in [0.25, 0.3) is 5.91 Å². The molecule has 6 nitrogen and oxygen atoms in total.